The lowest BCUT2D eigenvalue weighted by Crippen LogP contribution is -2.68. The van der Waals surface area contributed by atoms with Gasteiger partial charge in [-0.1, -0.05) is 30.3 Å². The van der Waals surface area contributed by atoms with Crippen molar-refractivity contribution in [1.29, 1.82) is 0 Å². The summed E-state index contributed by atoms with van der Waals surface area (Å²) in [5.74, 6) is -33.9. The molecule has 1 rings (SSSR count). The number of aliphatic hydroxyl groups excluding tert-OH is 1. The largest absolute Gasteiger partial charge is 0.389 e. The molecule has 0 fully saturated rings. The van der Waals surface area contributed by atoms with Crippen LogP contribution in [0, 0.1) is 0 Å². The number of hydrogen-bond donors (Lipinski definition) is 2. The third-order valence-corrected chi connectivity index (χ3v) is 4.02. The summed E-state index contributed by atoms with van der Waals surface area (Å²) in [6.45, 7) is -7.31. The van der Waals surface area contributed by atoms with Gasteiger partial charge in [-0.2, -0.15) is 43.9 Å². The van der Waals surface area contributed by atoms with E-state index >= 15 is 0 Å². The second-order valence-electron chi connectivity index (χ2n) is 6.55. The average molecular weight is 497 g/mol. The lowest BCUT2D eigenvalue weighted by Gasteiger charge is -2.38. The van der Waals surface area contributed by atoms with Gasteiger partial charge < -0.3 is 15.2 Å². The second-order valence-corrected chi connectivity index (χ2v) is 6.55. The highest BCUT2D eigenvalue weighted by Gasteiger charge is 2.86. The third kappa shape index (κ3) is 6.19. The first kappa shape index (κ1) is 30.3. The molecule has 0 aliphatic carbocycles. The Morgan fingerprint density at radius 1 is 0.812 bits per heavy atom. The van der Waals surface area contributed by atoms with Crippen LogP contribution in [0.3, 0.4) is 0 Å². The van der Waals surface area contributed by atoms with Crippen molar-refractivity contribution in [3.63, 3.8) is 0 Å². The molecule has 1 unspecified atom stereocenters. The van der Waals surface area contributed by atoms with Gasteiger partial charge in [0.1, 0.15) is 6.61 Å². The number of ether oxygens (including phenoxy) is 1. The van der Waals surface area contributed by atoms with E-state index in [4.69, 9.17) is 0 Å². The molecular formula is C17H19F12NO2. The molecule has 0 saturated carbocycles. The van der Waals surface area contributed by atoms with Crippen molar-refractivity contribution in [3.05, 3.63) is 35.9 Å². The minimum Gasteiger partial charge on any atom is -0.389 e. The van der Waals surface area contributed by atoms with Crippen LogP contribution in [0.2, 0.25) is 0 Å². The molecule has 0 amide bonds. The van der Waals surface area contributed by atoms with E-state index < -0.39 is 55.6 Å². The van der Waals surface area contributed by atoms with Crippen molar-refractivity contribution in [1.82, 2.24) is 5.32 Å². The van der Waals surface area contributed by atoms with E-state index in [1.54, 1.807) is 30.3 Å². The summed E-state index contributed by atoms with van der Waals surface area (Å²) in [6, 6.07) is 8.51. The van der Waals surface area contributed by atoms with Crippen LogP contribution in [-0.4, -0.2) is 67.3 Å². The molecule has 3 nitrogen and oxygen atoms in total. The number of nitrogens with one attached hydrogen (secondary N) is 1. The zero-order valence-electron chi connectivity index (χ0n) is 15.9. The van der Waals surface area contributed by atoms with Gasteiger partial charge in [0, 0.05) is 13.1 Å². The second kappa shape index (κ2) is 10.9. The van der Waals surface area contributed by atoms with Crippen LogP contribution in [0.25, 0.3) is 0 Å². The van der Waals surface area contributed by atoms with Gasteiger partial charge in [0.2, 0.25) is 0 Å². The Bertz CT molecular complexity index is 687. The average Bonchev–Trinajstić information content (AvgIpc) is 2.68. The lowest BCUT2D eigenvalue weighted by molar-refractivity contribution is -0.405. The highest BCUT2D eigenvalue weighted by molar-refractivity contribution is 5.14. The molecule has 0 aliphatic heterocycles. The van der Waals surface area contributed by atoms with E-state index in [0.717, 1.165) is 5.56 Å². The maximum absolute atomic E-state index is 13.5. The highest BCUT2D eigenvalue weighted by Crippen LogP contribution is 2.57. The first-order valence-corrected chi connectivity index (χ1v) is 8.49. The predicted molar refractivity (Wildman–Crippen MR) is 88.2 cm³/mol. The summed E-state index contributed by atoms with van der Waals surface area (Å²) in [5, 5.41) is 12.2. The van der Waals surface area contributed by atoms with Crippen LogP contribution < -0.4 is 5.32 Å². The molecule has 2 N–H and O–H groups in total. The van der Waals surface area contributed by atoms with Gasteiger partial charge in [0.25, 0.3) is 0 Å². The molecule has 0 aromatic heterocycles. The molecule has 0 heterocycles. The first-order valence-electron chi connectivity index (χ1n) is 8.49. The number of rotatable bonds is 13. The molecule has 1 atom stereocenters. The SMILES string of the molecule is F.OC(CNCc1ccccc1)COCC(F)(F)C(F)(F)C(F)(F)C(F)(F)C(F)(F)CF. The lowest BCUT2D eigenvalue weighted by atomic mass is 9.95. The standard InChI is InChI=1S/C17H18F11NO2.FH/c18-9-13(19,20)15(23,24)17(27,28)16(25,26)14(21,22)10-31-8-12(30)7-29-6-11-4-2-1-3-5-11;/h1-5,12,29-30H,6-10H2;1H. The first-order chi connectivity index (χ1) is 14.0. The van der Waals surface area contributed by atoms with Gasteiger partial charge in [-0.3, -0.25) is 4.70 Å². The van der Waals surface area contributed by atoms with E-state index in [2.05, 4.69) is 10.1 Å². The van der Waals surface area contributed by atoms with Crippen LogP contribution in [0.1, 0.15) is 5.56 Å². The van der Waals surface area contributed by atoms with E-state index in [1.807, 2.05) is 0 Å². The minimum absolute atomic E-state index is 0. The number of alkyl halides is 11. The van der Waals surface area contributed by atoms with Crippen molar-refractivity contribution >= 4 is 0 Å². The van der Waals surface area contributed by atoms with Gasteiger partial charge in [-0.05, 0) is 5.56 Å². The molecule has 0 spiro atoms. The van der Waals surface area contributed by atoms with Crippen molar-refractivity contribution in [2.75, 3.05) is 26.4 Å². The fraction of sp³-hybridized carbons (Fsp3) is 0.647. The van der Waals surface area contributed by atoms with Crippen LogP contribution in [0.4, 0.5) is 53.0 Å². The van der Waals surface area contributed by atoms with Crippen molar-refractivity contribution < 1.29 is 62.8 Å². The molecule has 1 aromatic rings. The van der Waals surface area contributed by atoms with Crippen LogP contribution in [0.15, 0.2) is 30.3 Å². The zero-order chi connectivity index (χ0) is 24.1. The normalized spacial score (nSPS) is 14.8. The Labute approximate surface area is 173 Å². The van der Waals surface area contributed by atoms with Gasteiger partial charge >= 0.3 is 29.6 Å². The summed E-state index contributed by atoms with van der Waals surface area (Å²) in [6.07, 6.45) is -1.59. The summed E-state index contributed by atoms with van der Waals surface area (Å²) < 4.78 is 148. The monoisotopic (exact) mass is 497 g/mol. The summed E-state index contributed by atoms with van der Waals surface area (Å²) in [7, 11) is 0. The van der Waals surface area contributed by atoms with Crippen molar-refractivity contribution in [2.45, 2.75) is 42.3 Å². The molecule has 1 aromatic carbocycles. The number of halogens is 12. The molecular weight excluding hydrogens is 478 g/mol. The maximum Gasteiger partial charge on any atom is 0.384 e. The Kier molecular flexibility index (Phi) is 10.3. The van der Waals surface area contributed by atoms with Crippen molar-refractivity contribution in [3.8, 4) is 0 Å². The van der Waals surface area contributed by atoms with Crippen molar-refractivity contribution in [2.24, 2.45) is 0 Å². The van der Waals surface area contributed by atoms with Crippen LogP contribution in [-0.2, 0) is 11.3 Å². The molecule has 0 bridgehead atoms. The Balaban J connectivity index is 0.00000961. The Hall–Kier alpha value is -1.74. The number of aliphatic hydroxyl groups is 1. The molecule has 0 saturated heterocycles. The number of hydrogen-bond acceptors (Lipinski definition) is 3. The Morgan fingerprint density at radius 2 is 1.31 bits per heavy atom. The summed E-state index contributed by atoms with van der Waals surface area (Å²) >= 11 is 0. The quantitative estimate of drug-likeness (QED) is 0.396. The Morgan fingerprint density at radius 3 is 1.81 bits per heavy atom. The van der Waals surface area contributed by atoms with E-state index in [-0.39, 0.29) is 17.8 Å². The molecule has 32 heavy (non-hydrogen) atoms. The summed E-state index contributed by atoms with van der Waals surface area (Å²) in [5.41, 5.74) is 0.759. The summed E-state index contributed by atoms with van der Waals surface area (Å²) in [4.78, 5) is 0. The number of benzene rings is 1. The fourth-order valence-electron chi connectivity index (χ4n) is 2.19. The van der Waals surface area contributed by atoms with Crippen LogP contribution >= 0.6 is 0 Å². The third-order valence-electron chi connectivity index (χ3n) is 4.02. The fourth-order valence-corrected chi connectivity index (χ4v) is 2.19. The molecule has 0 aliphatic rings. The zero-order valence-corrected chi connectivity index (χ0v) is 15.9. The van der Waals surface area contributed by atoms with E-state index in [0.29, 0.717) is 0 Å². The van der Waals surface area contributed by atoms with Gasteiger partial charge in [-0.25, -0.2) is 4.39 Å². The van der Waals surface area contributed by atoms with Gasteiger partial charge in [-0.15, -0.1) is 0 Å². The van der Waals surface area contributed by atoms with Crippen LogP contribution in [0.5, 0.6) is 0 Å². The highest BCUT2D eigenvalue weighted by atomic mass is 19.4. The maximum atomic E-state index is 13.5. The predicted octanol–water partition coefficient (Wildman–Crippen LogP) is 4.45. The van der Waals surface area contributed by atoms with Gasteiger partial charge in [0.15, 0.2) is 6.67 Å². The molecule has 0 radical (unpaired) electrons. The smallest absolute Gasteiger partial charge is 0.384 e. The van der Waals surface area contributed by atoms with E-state index in [1.165, 1.54) is 0 Å². The topological polar surface area (TPSA) is 41.5 Å². The minimum atomic E-state index is -7.34. The van der Waals surface area contributed by atoms with Gasteiger partial charge in [0.05, 0.1) is 12.7 Å². The molecule has 188 valence electrons. The van der Waals surface area contributed by atoms with E-state index in [9.17, 15) is 53.4 Å². The molecule has 15 heteroatoms.